The van der Waals surface area contributed by atoms with Crippen LogP contribution in [0.2, 0.25) is 0 Å². The van der Waals surface area contributed by atoms with Crippen LogP contribution in [0.15, 0.2) is 34.3 Å². The van der Waals surface area contributed by atoms with E-state index in [0.29, 0.717) is 16.0 Å². The SMILES string of the molecule is COc1ccc(C2=C(C(C)=O)Sc3nnc(C(F)(F)F)n3N2C(C)=O)cc1. The lowest BCUT2D eigenvalue weighted by Gasteiger charge is -2.32. The largest absolute Gasteiger partial charge is 0.497 e. The van der Waals surface area contributed by atoms with E-state index in [4.69, 9.17) is 4.74 Å². The molecule has 1 aromatic heterocycles. The molecule has 0 fully saturated rings. The fraction of sp³-hybridized carbons (Fsp3) is 0.250. The highest BCUT2D eigenvalue weighted by Gasteiger charge is 2.44. The number of allylic oxidation sites excluding steroid dienone is 1. The van der Waals surface area contributed by atoms with Gasteiger partial charge >= 0.3 is 6.18 Å². The molecule has 142 valence electrons. The van der Waals surface area contributed by atoms with Crippen LogP contribution in [0.25, 0.3) is 5.70 Å². The second-order valence-corrected chi connectivity index (χ2v) is 6.49. The van der Waals surface area contributed by atoms with Gasteiger partial charge in [-0.1, -0.05) is 0 Å². The van der Waals surface area contributed by atoms with Gasteiger partial charge in [-0.25, -0.2) is 5.01 Å². The maximum Gasteiger partial charge on any atom is 0.453 e. The third-order valence-corrected chi connectivity index (χ3v) is 4.79. The van der Waals surface area contributed by atoms with E-state index in [9.17, 15) is 22.8 Å². The number of benzene rings is 1. The minimum atomic E-state index is -4.84. The Morgan fingerprint density at radius 3 is 2.22 bits per heavy atom. The van der Waals surface area contributed by atoms with Gasteiger partial charge in [0.25, 0.3) is 5.82 Å². The molecule has 0 saturated heterocycles. The van der Waals surface area contributed by atoms with Crippen LogP contribution >= 0.6 is 11.8 Å². The van der Waals surface area contributed by atoms with E-state index in [2.05, 4.69) is 10.2 Å². The zero-order valence-electron chi connectivity index (χ0n) is 14.4. The van der Waals surface area contributed by atoms with Crippen molar-refractivity contribution in [3.05, 3.63) is 40.6 Å². The molecule has 0 spiro atoms. The van der Waals surface area contributed by atoms with Crippen LogP contribution in [0, 0.1) is 0 Å². The van der Waals surface area contributed by atoms with E-state index in [0.717, 1.165) is 23.7 Å². The van der Waals surface area contributed by atoms with Gasteiger partial charge < -0.3 is 4.74 Å². The Balaban J connectivity index is 2.27. The van der Waals surface area contributed by atoms with Gasteiger partial charge in [0.1, 0.15) is 5.75 Å². The number of hydrogen-bond acceptors (Lipinski definition) is 6. The van der Waals surface area contributed by atoms with Gasteiger partial charge in [-0.05, 0) is 43.0 Å². The van der Waals surface area contributed by atoms with E-state index in [-0.39, 0.29) is 15.8 Å². The van der Waals surface area contributed by atoms with Crippen LogP contribution in [-0.2, 0) is 15.8 Å². The maximum absolute atomic E-state index is 13.4. The first kappa shape index (κ1) is 19.0. The number of carbonyl (C=O) groups is 2. The Kier molecular flexibility index (Phi) is 4.72. The normalized spacial score (nSPS) is 14.2. The summed E-state index contributed by atoms with van der Waals surface area (Å²) in [7, 11) is 1.46. The second kappa shape index (κ2) is 6.72. The average Bonchev–Trinajstić information content (AvgIpc) is 3.03. The quantitative estimate of drug-likeness (QED) is 0.791. The number of ether oxygens (including phenoxy) is 1. The van der Waals surface area contributed by atoms with Crippen molar-refractivity contribution in [3.8, 4) is 5.75 Å². The van der Waals surface area contributed by atoms with Gasteiger partial charge in [0, 0.05) is 12.5 Å². The van der Waals surface area contributed by atoms with E-state index >= 15 is 0 Å². The maximum atomic E-state index is 13.4. The smallest absolute Gasteiger partial charge is 0.453 e. The number of alkyl halides is 3. The number of thioether (sulfide) groups is 1. The number of rotatable bonds is 3. The molecular formula is C16H13F3N4O3S. The molecule has 0 saturated carbocycles. The number of methoxy groups -OCH3 is 1. The molecule has 11 heteroatoms. The van der Waals surface area contributed by atoms with Crippen LogP contribution in [0.5, 0.6) is 5.75 Å². The lowest BCUT2D eigenvalue weighted by Crippen LogP contribution is -2.43. The number of halogens is 3. The first-order chi connectivity index (χ1) is 12.6. The summed E-state index contributed by atoms with van der Waals surface area (Å²) >= 11 is 0.730. The van der Waals surface area contributed by atoms with E-state index in [1.54, 1.807) is 24.3 Å². The first-order valence-electron chi connectivity index (χ1n) is 7.56. The molecule has 27 heavy (non-hydrogen) atoms. The van der Waals surface area contributed by atoms with Crippen LogP contribution in [0.3, 0.4) is 0 Å². The predicted octanol–water partition coefficient (Wildman–Crippen LogP) is 2.85. The summed E-state index contributed by atoms with van der Waals surface area (Å²) in [5, 5.41) is 7.21. The first-order valence-corrected chi connectivity index (χ1v) is 8.38. The van der Waals surface area contributed by atoms with E-state index in [1.807, 2.05) is 0 Å². The van der Waals surface area contributed by atoms with Crippen molar-refractivity contribution >= 4 is 29.1 Å². The lowest BCUT2D eigenvalue weighted by atomic mass is 10.1. The van der Waals surface area contributed by atoms with Crippen molar-refractivity contribution in [1.29, 1.82) is 0 Å². The predicted molar refractivity (Wildman–Crippen MR) is 90.4 cm³/mol. The summed E-state index contributed by atoms with van der Waals surface area (Å²) in [4.78, 5) is 24.6. The number of ketones is 1. The van der Waals surface area contributed by atoms with E-state index in [1.165, 1.54) is 14.0 Å². The van der Waals surface area contributed by atoms with Gasteiger partial charge in [0.05, 0.1) is 17.7 Å². The molecule has 1 aliphatic rings. The zero-order chi connectivity index (χ0) is 19.9. The highest BCUT2D eigenvalue weighted by atomic mass is 32.2. The summed E-state index contributed by atoms with van der Waals surface area (Å²) in [6.07, 6.45) is -4.84. The highest BCUT2D eigenvalue weighted by molar-refractivity contribution is 8.04. The Bertz CT molecular complexity index is 951. The Morgan fingerprint density at radius 1 is 1.11 bits per heavy atom. The number of nitrogens with zero attached hydrogens (tertiary/aromatic N) is 4. The zero-order valence-corrected chi connectivity index (χ0v) is 15.2. The van der Waals surface area contributed by atoms with Crippen molar-refractivity contribution < 1.29 is 27.5 Å². The molecule has 0 radical (unpaired) electrons. The van der Waals surface area contributed by atoms with Crippen LogP contribution in [0.4, 0.5) is 13.2 Å². The minimum Gasteiger partial charge on any atom is -0.497 e. The molecule has 7 nitrogen and oxygen atoms in total. The van der Waals surface area contributed by atoms with Crippen molar-refractivity contribution in [2.45, 2.75) is 25.2 Å². The molecule has 1 aromatic carbocycles. The molecule has 2 heterocycles. The minimum absolute atomic E-state index is 0.0282. The summed E-state index contributed by atoms with van der Waals surface area (Å²) in [5.74, 6) is -1.98. The van der Waals surface area contributed by atoms with Crippen molar-refractivity contribution in [2.24, 2.45) is 0 Å². The number of amides is 1. The van der Waals surface area contributed by atoms with Crippen molar-refractivity contribution in [1.82, 2.24) is 14.9 Å². The number of aromatic nitrogens is 3. The van der Waals surface area contributed by atoms with Crippen molar-refractivity contribution in [2.75, 3.05) is 12.1 Å². The molecule has 1 aliphatic heterocycles. The fourth-order valence-electron chi connectivity index (χ4n) is 2.56. The molecule has 3 rings (SSSR count). The number of fused-ring (bicyclic) bond motifs is 1. The molecule has 0 bridgehead atoms. The molecule has 0 unspecified atom stereocenters. The summed E-state index contributed by atoms with van der Waals surface area (Å²) < 4.78 is 45.7. The number of Topliss-reactive ketones (excluding diaryl/α,β-unsaturated/α-hetero) is 1. The Labute approximate surface area is 155 Å². The van der Waals surface area contributed by atoms with E-state index < -0.39 is 23.7 Å². The molecule has 1 amide bonds. The fourth-order valence-corrected chi connectivity index (χ4v) is 3.52. The standard InChI is InChI=1S/C16H13F3N4O3S/c1-8(24)13-12(10-4-6-11(26-3)7-5-10)22(9(2)25)23-14(16(17,18)19)20-21-15(23)27-13/h4-7H,1-3H3. The van der Waals surface area contributed by atoms with Crippen LogP contribution in [-0.4, -0.2) is 33.7 Å². The van der Waals surface area contributed by atoms with Gasteiger partial charge in [-0.3, -0.25) is 9.59 Å². The van der Waals surface area contributed by atoms with Crippen LogP contribution < -0.4 is 9.75 Å². The summed E-state index contributed by atoms with van der Waals surface area (Å²) in [5.41, 5.74) is 0.400. The lowest BCUT2D eigenvalue weighted by molar-refractivity contribution is -0.148. The third-order valence-electron chi connectivity index (χ3n) is 3.67. The molecule has 2 aromatic rings. The molecule has 0 atom stereocenters. The number of carbonyl (C=O) groups excluding carboxylic acids is 2. The molecular weight excluding hydrogens is 385 g/mol. The van der Waals surface area contributed by atoms with Gasteiger partial charge in [-0.15, -0.1) is 10.2 Å². The topological polar surface area (TPSA) is 77.3 Å². The Hall–Kier alpha value is -2.82. The van der Waals surface area contributed by atoms with Crippen LogP contribution in [0.1, 0.15) is 25.2 Å². The summed E-state index contributed by atoms with van der Waals surface area (Å²) in [6, 6.07) is 6.26. The van der Waals surface area contributed by atoms with Gasteiger partial charge in [0.2, 0.25) is 11.1 Å². The average molecular weight is 398 g/mol. The summed E-state index contributed by atoms with van der Waals surface area (Å²) in [6.45, 7) is 2.36. The van der Waals surface area contributed by atoms with Gasteiger partial charge in [-0.2, -0.15) is 17.8 Å². The molecule has 0 aliphatic carbocycles. The number of hydrogen-bond donors (Lipinski definition) is 0. The second-order valence-electron chi connectivity index (χ2n) is 5.51. The monoisotopic (exact) mass is 398 g/mol. The van der Waals surface area contributed by atoms with Gasteiger partial charge in [0.15, 0.2) is 5.78 Å². The molecule has 0 N–H and O–H groups in total. The Morgan fingerprint density at radius 2 is 1.74 bits per heavy atom. The van der Waals surface area contributed by atoms with Crippen molar-refractivity contribution in [3.63, 3.8) is 0 Å². The highest BCUT2D eigenvalue weighted by Crippen LogP contribution is 2.42. The third kappa shape index (κ3) is 3.29.